The van der Waals surface area contributed by atoms with E-state index in [2.05, 4.69) is 4.90 Å². The van der Waals surface area contributed by atoms with Crippen molar-refractivity contribution in [2.24, 2.45) is 0 Å². The van der Waals surface area contributed by atoms with Crippen molar-refractivity contribution in [1.29, 1.82) is 0 Å². The minimum absolute atomic E-state index is 0.0965. The number of carbonyl (C=O) groups is 1. The summed E-state index contributed by atoms with van der Waals surface area (Å²) in [5.74, 6) is 0.652. The van der Waals surface area contributed by atoms with Gasteiger partial charge in [-0.1, -0.05) is 54.1 Å². The van der Waals surface area contributed by atoms with Gasteiger partial charge in [0, 0.05) is 31.2 Å². The summed E-state index contributed by atoms with van der Waals surface area (Å²) in [6, 6.07) is 19.2. The van der Waals surface area contributed by atoms with E-state index < -0.39 is 16.1 Å². The van der Waals surface area contributed by atoms with Crippen LogP contribution >= 0.6 is 11.6 Å². The number of hydrogen-bond donors (Lipinski definition) is 0. The van der Waals surface area contributed by atoms with Crippen molar-refractivity contribution >= 4 is 39.0 Å². The van der Waals surface area contributed by atoms with Crippen LogP contribution in [0.4, 0.5) is 16.2 Å². The third kappa shape index (κ3) is 4.99. The summed E-state index contributed by atoms with van der Waals surface area (Å²) in [4.78, 5) is 19.7. The number of hydrogen-bond acceptors (Lipinski definition) is 6. The van der Waals surface area contributed by atoms with Crippen LogP contribution in [0.25, 0.3) is 0 Å². The fourth-order valence-electron chi connectivity index (χ4n) is 4.73. The molecular weight excluding hydrogens is 512 g/mol. The zero-order valence-electron chi connectivity index (χ0n) is 20.8. The Labute approximate surface area is 222 Å². The lowest BCUT2D eigenvalue weighted by atomic mass is 10.1. The number of nitrogens with zero attached hydrogens (tertiary/aromatic N) is 4. The van der Waals surface area contributed by atoms with Crippen LogP contribution in [-0.4, -0.2) is 64.0 Å². The molecule has 3 aromatic carbocycles. The first-order valence-corrected chi connectivity index (χ1v) is 13.9. The Kier molecular flexibility index (Phi) is 7.02. The number of urea groups is 1. The average molecular weight is 541 g/mol. The molecule has 0 atom stereocenters. The molecule has 0 bridgehead atoms. The number of anilines is 2. The molecule has 1 saturated heterocycles. The second-order valence-electron chi connectivity index (χ2n) is 9.28. The van der Waals surface area contributed by atoms with Crippen molar-refractivity contribution in [3.05, 3.63) is 82.9 Å². The van der Waals surface area contributed by atoms with Gasteiger partial charge < -0.3 is 14.5 Å². The molecule has 8 nitrogen and oxygen atoms in total. The van der Waals surface area contributed by atoms with Crippen LogP contribution in [0.2, 0.25) is 5.02 Å². The predicted octanol–water partition coefficient (Wildman–Crippen LogP) is 4.43. The van der Waals surface area contributed by atoms with Crippen molar-refractivity contribution in [2.45, 2.75) is 18.0 Å². The van der Waals surface area contributed by atoms with E-state index >= 15 is 0 Å². The number of sulfonamides is 1. The Morgan fingerprint density at radius 1 is 0.865 bits per heavy atom. The van der Waals surface area contributed by atoms with E-state index in [0.717, 1.165) is 23.0 Å². The van der Waals surface area contributed by atoms with Gasteiger partial charge >= 0.3 is 6.03 Å². The second kappa shape index (κ2) is 10.2. The largest absolute Gasteiger partial charge is 0.497 e. The molecule has 0 saturated carbocycles. The summed E-state index contributed by atoms with van der Waals surface area (Å²) in [5, 5.41) is 0.386. The van der Waals surface area contributed by atoms with Crippen molar-refractivity contribution in [3.8, 4) is 5.75 Å². The van der Waals surface area contributed by atoms with E-state index in [-0.39, 0.29) is 18.0 Å². The predicted molar refractivity (Wildman–Crippen MR) is 145 cm³/mol. The molecule has 2 aliphatic heterocycles. The molecule has 2 heterocycles. The van der Waals surface area contributed by atoms with Crippen LogP contribution in [0.1, 0.15) is 11.1 Å². The van der Waals surface area contributed by atoms with Gasteiger partial charge in [0.1, 0.15) is 10.6 Å². The zero-order chi connectivity index (χ0) is 26.2. The number of amides is 2. The van der Waals surface area contributed by atoms with E-state index in [1.807, 2.05) is 42.3 Å². The second-order valence-corrected chi connectivity index (χ2v) is 11.5. The minimum atomic E-state index is -4.18. The van der Waals surface area contributed by atoms with Crippen molar-refractivity contribution in [2.75, 3.05) is 50.1 Å². The third-order valence-corrected chi connectivity index (χ3v) is 8.83. The Balaban J connectivity index is 1.64. The highest BCUT2D eigenvalue weighted by atomic mass is 35.5. The van der Waals surface area contributed by atoms with E-state index in [9.17, 15) is 13.2 Å². The summed E-state index contributed by atoms with van der Waals surface area (Å²) in [6.07, 6.45) is 0. The number of fused-ring (bicyclic) bond motifs is 1. The lowest BCUT2D eigenvalue weighted by Crippen LogP contribution is -2.51. The zero-order valence-corrected chi connectivity index (χ0v) is 22.4. The first-order chi connectivity index (χ1) is 17.8. The van der Waals surface area contributed by atoms with Crippen LogP contribution < -0.4 is 14.5 Å². The van der Waals surface area contributed by atoms with Crippen LogP contribution in [0.15, 0.2) is 71.6 Å². The minimum Gasteiger partial charge on any atom is -0.497 e. The molecule has 0 radical (unpaired) electrons. The van der Waals surface area contributed by atoms with E-state index in [0.29, 0.717) is 40.8 Å². The first-order valence-electron chi connectivity index (χ1n) is 12.1. The number of rotatable bonds is 6. The number of carbonyl (C=O) groups excluding carboxylic acids is 1. The molecule has 194 valence electrons. The Morgan fingerprint density at radius 2 is 1.49 bits per heavy atom. The Bertz CT molecular complexity index is 1390. The lowest BCUT2D eigenvalue weighted by Gasteiger charge is -2.40. The molecule has 1 fully saturated rings. The quantitative estimate of drug-likeness (QED) is 0.460. The van der Waals surface area contributed by atoms with Crippen LogP contribution in [0.3, 0.4) is 0 Å². The van der Waals surface area contributed by atoms with Crippen LogP contribution in [0.5, 0.6) is 5.75 Å². The molecule has 0 unspecified atom stereocenters. The lowest BCUT2D eigenvalue weighted by molar-refractivity contribution is 0.226. The van der Waals surface area contributed by atoms with Gasteiger partial charge in [-0.3, -0.25) is 4.90 Å². The molecule has 2 aliphatic rings. The fraction of sp³-hybridized carbons (Fsp3) is 0.296. The summed E-state index contributed by atoms with van der Waals surface area (Å²) in [5.41, 5.74) is 2.39. The molecule has 37 heavy (non-hydrogen) atoms. The number of benzene rings is 3. The molecular formula is C27H29ClN4O4S. The standard InChI is InChI=1S/C27H29ClN4O4S/c1-29-12-14-30(15-13-29)24-16-22(28)17-25-26(24)37(34,35)32(19-21-8-10-23(36-2)11-9-21)27(33)31(25)18-20-6-4-3-5-7-20/h3-11,16-17H,12-15,18-19H2,1-2H3. The van der Waals surface area contributed by atoms with Gasteiger partial charge in [0.15, 0.2) is 0 Å². The van der Waals surface area contributed by atoms with Crippen molar-refractivity contribution in [1.82, 2.24) is 9.21 Å². The number of methoxy groups -OCH3 is 1. The van der Waals surface area contributed by atoms with Crippen LogP contribution in [-0.2, 0) is 23.1 Å². The maximum absolute atomic E-state index is 14.2. The SMILES string of the molecule is COc1ccc(CN2C(=O)N(Cc3ccccc3)c3cc(Cl)cc(N4CCN(C)CC4)c3S2(=O)=O)cc1. The molecule has 10 heteroatoms. The van der Waals surface area contributed by atoms with Crippen LogP contribution in [0, 0.1) is 0 Å². The topological polar surface area (TPSA) is 73.4 Å². The molecule has 2 amide bonds. The van der Waals surface area contributed by atoms with E-state index in [1.54, 1.807) is 43.5 Å². The summed E-state index contributed by atoms with van der Waals surface area (Å²) in [7, 11) is -0.578. The van der Waals surface area contributed by atoms with Gasteiger partial charge in [-0.15, -0.1) is 0 Å². The number of likely N-dealkylation sites (N-methyl/N-ethyl adjacent to an activating group) is 1. The Morgan fingerprint density at radius 3 is 2.14 bits per heavy atom. The smallest absolute Gasteiger partial charge is 0.339 e. The summed E-state index contributed by atoms with van der Waals surface area (Å²) < 4.78 is 34.5. The number of piperazine rings is 1. The average Bonchev–Trinajstić information content (AvgIpc) is 2.90. The number of halogens is 1. The molecule has 0 aliphatic carbocycles. The molecule has 0 N–H and O–H groups in total. The first kappa shape index (κ1) is 25.4. The van der Waals surface area contributed by atoms with E-state index in [1.165, 1.54) is 4.90 Å². The number of ether oxygens (including phenoxy) is 1. The summed E-state index contributed by atoms with van der Waals surface area (Å²) in [6.45, 7) is 3.02. The summed E-state index contributed by atoms with van der Waals surface area (Å²) >= 11 is 6.54. The Hall–Kier alpha value is -3.27. The molecule has 5 rings (SSSR count). The van der Waals surface area contributed by atoms with Gasteiger partial charge in [-0.2, -0.15) is 0 Å². The van der Waals surface area contributed by atoms with Gasteiger partial charge in [-0.25, -0.2) is 17.5 Å². The maximum atomic E-state index is 14.2. The van der Waals surface area contributed by atoms with Crippen molar-refractivity contribution < 1.29 is 17.9 Å². The van der Waals surface area contributed by atoms with Gasteiger partial charge in [0.25, 0.3) is 10.0 Å². The maximum Gasteiger partial charge on any atom is 0.339 e. The van der Waals surface area contributed by atoms with Crippen molar-refractivity contribution in [3.63, 3.8) is 0 Å². The highest BCUT2D eigenvalue weighted by molar-refractivity contribution is 7.90. The van der Waals surface area contributed by atoms with Gasteiger partial charge in [0.2, 0.25) is 0 Å². The van der Waals surface area contributed by atoms with Gasteiger partial charge in [0.05, 0.1) is 31.6 Å². The van der Waals surface area contributed by atoms with Gasteiger partial charge in [-0.05, 0) is 42.4 Å². The molecule has 0 spiro atoms. The fourth-order valence-corrected chi connectivity index (χ4v) is 6.67. The monoisotopic (exact) mass is 540 g/mol. The molecule has 3 aromatic rings. The van der Waals surface area contributed by atoms with E-state index in [4.69, 9.17) is 16.3 Å². The normalized spacial score (nSPS) is 17.6. The highest BCUT2D eigenvalue weighted by Gasteiger charge is 2.44. The molecule has 0 aromatic heterocycles. The third-order valence-electron chi connectivity index (χ3n) is 6.81. The highest BCUT2D eigenvalue weighted by Crippen LogP contribution is 2.44.